The highest BCUT2D eigenvalue weighted by Crippen LogP contribution is 2.36. The number of aryl methyl sites for hydroxylation is 2. The molecule has 3 aromatic heterocycles. The summed E-state index contributed by atoms with van der Waals surface area (Å²) in [5.74, 6) is 2.73. The van der Waals surface area contributed by atoms with Crippen molar-refractivity contribution < 1.29 is 9.47 Å². The first-order valence-corrected chi connectivity index (χ1v) is 11.2. The van der Waals surface area contributed by atoms with Gasteiger partial charge in [-0.1, -0.05) is 6.92 Å². The van der Waals surface area contributed by atoms with E-state index in [1.54, 1.807) is 20.5 Å². The van der Waals surface area contributed by atoms with Crippen molar-refractivity contribution in [3.05, 3.63) is 42.5 Å². The molecule has 0 unspecified atom stereocenters. The van der Waals surface area contributed by atoms with Crippen molar-refractivity contribution in [3.63, 3.8) is 0 Å². The van der Waals surface area contributed by atoms with Crippen molar-refractivity contribution in [1.29, 1.82) is 0 Å². The van der Waals surface area contributed by atoms with E-state index in [4.69, 9.17) is 19.4 Å². The van der Waals surface area contributed by atoms with E-state index in [0.29, 0.717) is 11.7 Å². The monoisotopic (exact) mass is 460 g/mol. The minimum absolute atomic E-state index is 0.121. The standard InChI is InChI=1S/C24H28N8O2/c1-6-24(34-5)12-32(13-24)22-20-17(9-15(2)27-22)11-25-23(29-20)28-18-8-7-16(10-19(18)33-4)21-30-26-14-31(21)3/h7-11,14H,6,12-13H2,1-5H3,(H,25,28,29). The van der Waals surface area contributed by atoms with E-state index in [2.05, 4.69) is 32.3 Å². The number of hydrogen-bond donors (Lipinski definition) is 1. The summed E-state index contributed by atoms with van der Waals surface area (Å²) in [6, 6.07) is 7.80. The average molecular weight is 461 g/mol. The van der Waals surface area contributed by atoms with Crippen LogP contribution in [-0.2, 0) is 11.8 Å². The number of nitrogens with one attached hydrogen (secondary N) is 1. The molecule has 1 fully saturated rings. The molecule has 0 amide bonds. The number of fused-ring (bicyclic) bond motifs is 1. The van der Waals surface area contributed by atoms with E-state index in [1.165, 1.54) is 0 Å². The van der Waals surface area contributed by atoms with Gasteiger partial charge in [0.2, 0.25) is 5.95 Å². The summed E-state index contributed by atoms with van der Waals surface area (Å²) in [5, 5.41) is 12.4. The maximum atomic E-state index is 5.75. The van der Waals surface area contributed by atoms with Gasteiger partial charge < -0.3 is 24.3 Å². The van der Waals surface area contributed by atoms with Gasteiger partial charge in [-0.05, 0) is 37.6 Å². The first kappa shape index (κ1) is 22.0. The first-order chi connectivity index (χ1) is 16.4. The van der Waals surface area contributed by atoms with E-state index in [9.17, 15) is 0 Å². The number of benzene rings is 1. The van der Waals surface area contributed by atoms with Gasteiger partial charge in [-0.3, -0.25) is 0 Å². The second-order valence-electron chi connectivity index (χ2n) is 8.62. The summed E-state index contributed by atoms with van der Waals surface area (Å²) in [4.78, 5) is 16.4. The van der Waals surface area contributed by atoms with Gasteiger partial charge in [-0.15, -0.1) is 10.2 Å². The Morgan fingerprint density at radius 2 is 1.97 bits per heavy atom. The number of hydrogen-bond acceptors (Lipinski definition) is 9. The molecule has 1 N–H and O–H groups in total. The Kier molecular flexibility index (Phi) is 5.52. The average Bonchev–Trinajstić information content (AvgIpc) is 3.25. The minimum Gasteiger partial charge on any atom is -0.495 e. The van der Waals surface area contributed by atoms with Crippen LogP contribution in [0, 0.1) is 6.92 Å². The molecular weight excluding hydrogens is 432 g/mol. The van der Waals surface area contributed by atoms with Crippen molar-refractivity contribution in [3.8, 4) is 17.1 Å². The number of aromatic nitrogens is 6. The molecule has 0 radical (unpaired) electrons. The van der Waals surface area contributed by atoms with Gasteiger partial charge in [0, 0.05) is 37.0 Å². The first-order valence-electron chi connectivity index (χ1n) is 11.2. The van der Waals surface area contributed by atoms with E-state index in [-0.39, 0.29) is 5.60 Å². The van der Waals surface area contributed by atoms with Crippen LogP contribution < -0.4 is 15.0 Å². The molecule has 0 atom stereocenters. The smallest absolute Gasteiger partial charge is 0.227 e. The summed E-state index contributed by atoms with van der Waals surface area (Å²) in [5.41, 5.74) is 3.27. The van der Waals surface area contributed by atoms with Gasteiger partial charge in [0.1, 0.15) is 23.2 Å². The van der Waals surface area contributed by atoms with E-state index < -0.39 is 0 Å². The predicted octanol–water partition coefficient (Wildman–Crippen LogP) is 3.50. The molecule has 1 aliphatic heterocycles. The molecule has 10 nitrogen and oxygen atoms in total. The third kappa shape index (κ3) is 3.79. The van der Waals surface area contributed by atoms with Crippen LogP contribution in [0.2, 0.25) is 0 Å². The Balaban J connectivity index is 1.47. The van der Waals surface area contributed by atoms with Crippen LogP contribution in [0.1, 0.15) is 19.0 Å². The second-order valence-corrected chi connectivity index (χ2v) is 8.62. The van der Waals surface area contributed by atoms with Crippen LogP contribution in [0.3, 0.4) is 0 Å². The zero-order valence-electron chi connectivity index (χ0n) is 20.0. The SMILES string of the molecule is CCC1(OC)CN(c2nc(C)cc3cnc(Nc4ccc(-c5nncn5C)cc4OC)nc23)C1. The lowest BCUT2D eigenvalue weighted by Crippen LogP contribution is -2.63. The summed E-state index contributed by atoms with van der Waals surface area (Å²) >= 11 is 0. The summed E-state index contributed by atoms with van der Waals surface area (Å²) in [6.07, 6.45) is 4.45. The second kappa shape index (κ2) is 8.53. The highest BCUT2D eigenvalue weighted by molar-refractivity contribution is 5.90. The number of ether oxygens (including phenoxy) is 2. The van der Waals surface area contributed by atoms with E-state index in [1.807, 2.05) is 49.0 Å². The van der Waals surface area contributed by atoms with Gasteiger partial charge in [0.15, 0.2) is 11.6 Å². The Morgan fingerprint density at radius 1 is 1.15 bits per heavy atom. The molecule has 176 valence electrons. The van der Waals surface area contributed by atoms with Crippen molar-refractivity contribution in [2.75, 3.05) is 37.5 Å². The third-order valence-electron chi connectivity index (χ3n) is 6.43. The fourth-order valence-corrected chi connectivity index (χ4v) is 4.33. The zero-order valence-corrected chi connectivity index (χ0v) is 20.0. The molecule has 0 bridgehead atoms. The van der Waals surface area contributed by atoms with Crippen LogP contribution in [0.15, 0.2) is 36.8 Å². The lowest BCUT2D eigenvalue weighted by molar-refractivity contribution is -0.0359. The van der Waals surface area contributed by atoms with Gasteiger partial charge >= 0.3 is 0 Å². The zero-order chi connectivity index (χ0) is 23.9. The molecule has 1 aliphatic rings. The Morgan fingerprint density at radius 3 is 2.65 bits per heavy atom. The minimum atomic E-state index is -0.121. The molecule has 10 heteroatoms. The molecule has 0 saturated carbocycles. The van der Waals surface area contributed by atoms with Crippen LogP contribution >= 0.6 is 0 Å². The molecule has 0 spiro atoms. The maximum Gasteiger partial charge on any atom is 0.227 e. The number of methoxy groups -OCH3 is 2. The van der Waals surface area contributed by atoms with Gasteiger partial charge in [0.05, 0.1) is 25.9 Å². The maximum absolute atomic E-state index is 5.75. The number of nitrogens with zero attached hydrogens (tertiary/aromatic N) is 7. The molecule has 5 rings (SSSR count). The molecule has 34 heavy (non-hydrogen) atoms. The molecule has 1 aromatic carbocycles. The summed E-state index contributed by atoms with van der Waals surface area (Å²) in [7, 11) is 5.31. The Labute approximate surface area is 198 Å². The fourth-order valence-electron chi connectivity index (χ4n) is 4.33. The molecular formula is C24H28N8O2. The summed E-state index contributed by atoms with van der Waals surface area (Å²) < 4.78 is 13.2. The molecule has 4 aromatic rings. The highest BCUT2D eigenvalue weighted by atomic mass is 16.5. The van der Waals surface area contributed by atoms with Crippen molar-refractivity contribution >= 4 is 28.4 Å². The predicted molar refractivity (Wildman–Crippen MR) is 131 cm³/mol. The molecule has 4 heterocycles. The van der Waals surface area contributed by atoms with Crippen molar-refractivity contribution in [2.24, 2.45) is 7.05 Å². The van der Waals surface area contributed by atoms with Gasteiger partial charge in [0.25, 0.3) is 0 Å². The van der Waals surface area contributed by atoms with Crippen LogP contribution in [0.25, 0.3) is 22.3 Å². The number of rotatable bonds is 7. The van der Waals surface area contributed by atoms with E-state index in [0.717, 1.165) is 59.0 Å². The largest absolute Gasteiger partial charge is 0.495 e. The topological polar surface area (TPSA) is 103 Å². The van der Waals surface area contributed by atoms with E-state index >= 15 is 0 Å². The molecule has 1 saturated heterocycles. The number of anilines is 3. The normalized spacial score (nSPS) is 14.8. The van der Waals surface area contributed by atoms with Gasteiger partial charge in [-0.2, -0.15) is 0 Å². The Bertz CT molecular complexity index is 1340. The van der Waals surface area contributed by atoms with Crippen LogP contribution in [-0.4, -0.2) is 62.6 Å². The third-order valence-corrected chi connectivity index (χ3v) is 6.43. The van der Waals surface area contributed by atoms with Crippen LogP contribution in [0.5, 0.6) is 5.75 Å². The lowest BCUT2D eigenvalue weighted by atomic mass is 9.91. The fraction of sp³-hybridized carbons (Fsp3) is 0.375. The van der Waals surface area contributed by atoms with Crippen molar-refractivity contribution in [2.45, 2.75) is 25.9 Å². The van der Waals surface area contributed by atoms with Gasteiger partial charge in [-0.25, -0.2) is 15.0 Å². The summed E-state index contributed by atoms with van der Waals surface area (Å²) in [6.45, 7) is 5.71. The van der Waals surface area contributed by atoms with Crippen molar-refractivity contribution in [1.82, 2.24) is 29.7 Å². The molecule has 0 aliphatic carbocycles. The number of pyridine rings is 1. The highest BCUT2D eigenvalue weighted by Gasteiger charge is 2.43. The Hall–Kier alpha value is -3.79. The van der Waals surface area contributed by atoms with Crippen LogP contribution in [0.4, 0.5) is 17.5 Å². The quantitative estimate of drug-likeness (QED) is 0.444. The lowest BCUT2D eigenvalue weighted by Gasteiger charge is -2.49.